The van der Waals surface area contributed by atoms with Crippen LogP contribution in [0.3, 0.4) is 0 Å². The lowest BCUT2D eigenvalue weighted by molar-refractivity contribution is 0.0695. The number of carbonyl (C=O) groups is 1. The fourth-order valence-electron chi connectivity index (χ4n) is 1.65. The SMILES string of the molecule is CCCC(C)COc1ccc(C(=O)O)c(C)n1. The third kappa shape index (κ3) is 4.06. The number of aryl methyl sites for hydroxylation is 1. The number of carboxylic acid groups (broad SMARTS) is 1. The fourth-order valence-corrected chi connectivity index (χ4v) is 1.65. The molecule has 1 aromatic rings. The number of rotatable bonds is 6. The number of hydrogen-bond donors (Lipinski definition) is 1. The molecule has 0 saturated carbocycles. The molecule has 1 heterocycles. The summed E-state index contributed by atoms with van der Waals surface area (Å²) in [5.41, 5.74) is 0.706. The highest BCUT2D eigenvalue weighted by atomic mass is 16.5. The van der Waals surface area contributed by atoms with Crippen molar-refractivity contribution < 1.29 is 14.6 Å². The zero-order valence-corrected chi connectivity index (χ0v) is 10.6. The van der Waals surface area contributed by atoms with E-state index in [0.717, 1.165) is 12.8 Å². The first-order valence-electron chi connectivity index (χ1n) is 5.88. The van der Waals surface area contributed by atoms with E-state index >= 15 is 0 Å². The summed E-state index contributed by atoms with van der Waals surface area (Å²) in [7, 11) is 0. The van der Waals surface area contributed by atoms with Gasteiger partial charge >= 0.3 is 5.97 Å². The Labute approximate surface area is 102 Å². The van der Waals surface area contributed by atoms with Crippen LogP contribution < -0.4 is 4.74 Å². The average Bonchev–Trinajstić information content (AvgIpc) is 2.26. The molecule has 1 rings (SSSR count). The van der Waals surface area contributed by atoms with Crippen LogP contribution in [0.15, 0.2) is 12.1 Å². The van der Waals surface area contributed by atoms with Crippen molar-refractivity contribution in [1.29, 1.82) is 0 Å². The predicted octanol–water partition coefficient (Wildman–Crippen LogP) is 2.90. The lowest BCUT2D eigenvalue weighted by atomic mass is 10.1. The minimum absolute atomic E-state index is 0.221. The number of carboxylic acids is 1. The van der Waals surface area contributed by atoms with Gasteiger partial charge in [-0.05, 0) is 25.3 Å². The van der Waals surface area contributed by atoms with Gasteiger partial charge in [-0.1, -0.05) is 20.3 Å². The Morgan fingerprint density at radius 2 is 2.24 bits per heavy atom. The molecule has 0 aromatic carbocycles. The molecule has 0 radical (unpaired) electrons. The van der Waals surface area contributed by atoms with Crippen molar-refractivity contribution >= 4 is 5.97 Å². The van der Waals surface area contributed by atoms with E-state index in [9.17, 15) is 4.79 Å². The largest absolute Gasteiger partial charge is 0.478 e. The molecule has 0 aliphatic heterocycles. The summed E-state index contributed by atoms with van der Waals surface area (Å²) in [6.45, 7) is 6.56. The van der Waals surface area contributed by atoms with Crippen LogP contribution in [0.25, 0.3) is 0 Å². The van der Waals surface area contributed by atoms with Gasteiger partial charge in [-0.25, -0.2) is 9.78 Å². The summed E-state index contributed by atoms with van der Waals surface area (Å²) in [5.74, 6) is 0.0256. The Bertz CT molecular complexity index is 390. The van der Waals surface area contributed by atoms with E-state index in [0.29, 0.717) is 24.1 Å². The van der Waals surface area contributed by atoms with Gasteiger partial charge in [-0.2, -0.15) is 0 Å². The average molecular weight is 237 g/mol. The normalized spacial score (nSPS) is 12.2. The molecule has 0 spiro atoms. The van der Waals surface area contributed by atoms with Crippen LogP contribution in [-0.2, 0) is 0 Å². The molecular weight excluding hydrogens is 218 g/mol. The summed E-state index contributed by atoms with van der Waals surface area (Å²) in [6, 6.07) is 3.14. The number of hydrogen-bond acceptors (Lipinski definition) is 3. The van der Waals surface area contributed by atoms with Crippen molar-refractivity contribution in [2.24, 2.45) is 5.92 Å². The maximum absolute atomic E-state index is 10.8. The molecule has 0 amide bonds. The first-order valence-corrected chi connectivity index (χ1v) is 5.88. The molecule has 4 nitrogen and oxygen atoms in total. The van der Waals surface area contributed by atoms with Crippen molar-refractivity contribution in [3.05, 3.63) is 23.4 Å². The second-order valence-corrected chi connectivity index (χ2v) is 4.29. The smallest absolute Gasteiger partial charge is 0.337 e. The van der Waals surface area contributed by atoms with Crippen molar-refractivity contribution in [2.75, 3.05) is 6.61 Å². The predicted molar refractivity (Wildman–Crippen MR) is 65.5 cm³/mol. The van der Waals surface area contributed by atoms with Gasteiger partial charge in [0.25, 0.3) is 0 Å². The number of nitrogens with zero attached hydrogens (tertiary/aromatic N) is 1. The molecule has 0 aliphatic rings. The maximum atomic E-state index is 10.8. The quantitative estimate of drug-likeness (QED) is 0.826. The monoisotopic (exact) mass is 237 g/mol. The van der Waals surface area contributed by atoms with E-state index < -0.39 is 5.97 Å². The Kier molecular flexibility index (Phi) is 4.94. The highest BCUT2D eigenvalue weighted by Crippen LogP contribution is 2.14. The molecule has 17 heavy (non-hydrogen) atoms. The summed E-state index contributed by atoms with van der Waals surface area (Å²) >= 11 is 0. The van der Waals surface area contributed by atoms with Crippen LogP contribution in [0.5, 0.6) is 5.88 Å². The number of pyridine rings is 1. The van der Waals surface area contributed by atoms with Crippen LogP contribution in [0.4, 0.5) is 0 Å². The summed E-state index contributed by atoms with van der Waals surface area (Å²) < 4.78 is 5.53. The summed E-state index contributed by atoms with van der Waals surface area (Å²) in [6.07, 6.45) is 2.25. The second-order valence-electron chi connectivity index (χ2n) is 4.29. The Hall–Kier alpha value is -1.58. The van der Waals surface area contributed by atoms with Gasteiger partial charge in [-0.15, -0.1) is 0 Å². The topological polar surface area (TPSA) is 59.4 Å². The van der Waals surface area contributed by atoms with Gasteiger partial charge in [-0.3, -0.25) is 0 Å². The zero-order chi connectivity index (χ0) is 12.8. The van der Waals surface area contributed by atoms with Crippen molar-refractivity contribution in [1.82, 2.24) is 4.98 Å². The third-order valence-corrected chi connectivity index (χ3v) is 2.59. The first kappa shape index (κ1) is 13.5. The van der Waals surface area contributed by atoms with Gasteiger partial charge in [0, 0.05) is 6.07 Å². The lowest BCUT2D eigenvalue weighted by Crippen LogP contribution is -2.10. The van der Waals surface area contributed by atoms with Crippen molar-refractivity contribution in [3.8, 4) is 5.88 Å². The molecule has 4 heteroatoms. The minimum Gasteiger partial charge on any atom is -0.478 e. The fraction of sp³-hybridized carbons (Fsp3) is 0.538. The van der Waals surface area contributed by atoms with Gasteiger partial charge < -0.3 is 9.84 Å². The van der Waals surface area contributed by atoms with E-state index in [4.69, 9.17) is 9.84 Å². The molecule has 1 N–H and O–H groups in total. The van der Waals surface area contributed by atoms with Crippen molar-refractivity contribution in [2.45, 2.75) is 33.6 Å². The van der Waals surface area contributed by atoms with Crippen LogP contribution in [0.1, 0.15) is 42.7 Å². The van der Waals surface area contributed by atoms with Gasteiger partial charge in [0.1, 0.15) is 0 Å². The summed E-state index contributed by atoms with van der Waals surface area (Å²) in [5, 5.41) is 8.86. The van der Waals surface area contributed by atoms with E-state index in [-0.39, 0.29) is 5.56 Å². The summed E-state index contributed by atoms with van der Waals surface area (Å²) in [4.78, 5) is 14.9. The molecule has 0 aliphatic carbocycles. The van der Waals surface area contributed by atoms with Crippen LogP contribution in [0.2, 0.25) is 0 Å². The number of aromatic carboxylic acids is 1. The maximum Gasteiger partial charge on any atom is 0.337 e. The number of aromatic nitrogens is 1. The highest BCUT2D eigenvalue weighted by Gasteiger charge is 2.09. The highest BCUT2D eigenvalue weighted by molar-refractivity contribution is 5.88. The molecule has 0 bridgehead atoms. The molecular formula is C13H19NO3. The first-order chi connectivity index (χ1) is 8.04. The van der Waals surface area contributed by atoms with Gasteiger partial charge in [0.05, 0.1) is 17.9 Å². The van der Waals surface area contributed by atoms with E-state index in [1.807, 2.05) is 0 Å². The van der Waals surface area contributed by atoms with Crippen LogP contribution in [-0.4, -0.2) is 22.7 Å². The molecule has 0 saturated heterocycles. The van der Waals surface area contributed by atoms with E-state index in [2.05, 4.69) is 18.8 Å². The van der Waals surface area contributed by atoms with Crippen LogP contribution >= 0.6 is 0 Å². The molecule has 1 atom stereocenters. The Morgan fingerprint density at radius 3 is 2.76 bits per heavy atom. The van der Waals surface area contributed by atoms with Gasteiger partial charge in [0.15, 0.2) is 0 Å². The lowest BCUT2D eigenvalue weighted by Gasteiger charge is -2.12. The standard InChI is InChI=1S/C13H19NO3/c1-4-5-9(2)8-17-12-7-6-11(13(15)16)10(3)14-12/h6-7,9H,4-5,8H2,1-3H3,(H,15,16). The molecule has 94 valence electrons. The Morgan fingerprint density at radius 1 is 1.53 bits per heavy atom. The zero-order valence-electron chi connectivity index (χ0n) is 10.6. The minimum atomic E-state index is -0.957. The van der Waals surface area contributed by atoms with E-state index in [1.54, 1.807) is 13.0 Å². The van der Waals surface area contributed by atoms with Crippen LogP contribution in [0, 0.1) is 12.8 Å². The molecule has 1 unspecified atom stereocenters. The third-order valence-electron chi connectivity index (χ3n) is 2.59. The Balaban J connectivity index is 2.62. The van der Waals surface area contributed by atoms with E-state index in [1.165, 1.54) is 6.07 Å². The molecule has 1 aromatic heterocycles. The second kappa shape index (κ2) is 6.23. The van der Waals surface area contributed by atoms with Crippen molar-refractivity contribution in [3.63, 3.8) is 0 Å². The number of ether oxygens (including phenoxy) is 1. The molecule has 0 fully saturated rings. The van der Waals surface area contributed by atoms with Gasteiger partial charge in [0.2, 0.25) is 5.88 Å².